The monoisotopic (exact) mass is 507 g/mol. The number of nitrogens with two attached hydrogens (primary N) is 1. The molecule has 190 valence electrons. The lowest BCUT2D eigenvalue weighted by Crippen LogP contribution is -2.42. The van der Waals surface area contributed by atoms with Crippen molar-refractivity contribution in [3.8, 4) is 11.5 Å². The highest BCUT2D eigenvalue weighted by Crippen LogP contribution is 2.41. The van der Waals surface area contributed by atoms with Crippen LogP contribution in [0.4, 0.5) is 0 Å². The number of halogens is 1. The Labute approximate surface area is 218 Å². The number of likely N-dealkylation sites (tertiary alicyclic amines) is 1. The molecule has 1 atom stereocenters. The number of hydrogen-bond acceptors (Lipinski definition) is 6. The Hall–Kier alpha value is -2.64. The van der Waals surface area contributed by atoms with Gasteiger partial charge < -0.3 is 25.2 Å². The number of nitrogens with zero attached hydrogens (tertiary/aromatic N) is 2. The molecule has 2 aromatic carbocycles. The van der Waals surface area contributed by atoms with E-state index in [-0.39, 0.29) is 5.92 Å². The van der Waals surface area contributed by atoms with Gasteiger partial charge in [0.1, 0.15) is 24.7 Å². The summed E-state index contributed by atoms with van der Waals surface area (Å²) in [5, 5.41) is 11.9. The zero-order valence-corrected chi connectivity index (χ0v) is 21.3. The summed E-state index contributed by atoms with van der Waals surface area (Å²) < 4.78 is 12.0. The van der Waals surface area contributed by atoms with E-state index in [9.17, 15) is 5.11 Å². The van der Waals surface area contributed by atoms with Crippen molar-refractivity contribution in [2.45, 2.75) is 43.8 Å². The summed E-state index contributed by atoms with van der Waals surface area (Å²) in [5.74, 6) is 1.89. The zero-order valence-electron chi connectivity index (χ0n) is 20.5. The molecule has 2 aliphatic rings. The van der Waals surface area contributed by atoms with E-state index in [0.29, 0.717) is 24.8 Å². The van der Waals surface area contributed by atoms with Crippen LogP contribution in [0.1, 0.15) is 54.0 Å². The Kier molecular flexibility index (Phi) is 7.77. The summed E-state index contributed by atoms with van der Waals surface area (Å²) in [4.78, 5) is 7.08. The molecule has 2 aliphatic heterocycles. The second-order valence-corrected chi connectivity index (χ2v) is 10.2. The van der Waals surface area contributed by atoms with Crippen molar-refractivity contribution >= 4 is 11.6 Å². The van der Waals surface area contributed by atoms with Crippen LogP contribution in [0, 0.1) is 0 Å². The van der Waals surface area contributed by atoms with Gasteiger partial charge in [-0.1, -0.05) is 29.8 Å². The second-order valence-electron chi connectivity index (χ2n) is 9.74. The van der Waals surface area contributed by atoms with Gasteiger partial charge in [-0.25, -0.2) is 0 Å². The number of benzene rings is 2. The predicted octanol–water partition coefficient (Wildman–Crippen LogP) is 4.86. The number of ether oxygens (including phenoxy) is 2. The van der Waals surface area contributed by atoms with Gasteiger partial charge in [0.2, 0.25) is 0 Å². The minimum atomic E-state index is -0.775. The molecule has 0 saturated carbocycles. The molecule has 3 N–H and O–H groups in total. The highest BCUT2D eigenvalue weighted by atomic mass is 35.5. The summed E-state index contributed by atoms with van der Waals surface area (Å²) in [6.07, 6.45) is 5.30. The Morgan fingerprint density at radius 1 is 1.11 bits per heavy atom. The first-order valence-corrected chi connectivity index (χ1v) is 13.2. The third kappa shape index (κ3) is 5.52. The fraction of sp³-hybridized carbons (Fsp3) is 0.414. The SMILES string of the molecule is NCCOc1ccc2c(c1)C(CCCN1CCC(O)(c3ccc(Cl)cc3)CC1)c1cccnc1CO2. The van der Waals surface area contributed by atoms with Crippen LogP contribution in [-0.4, -0.2) is 47.8 Å². The third-order valence-corrected chi connectivity index (χ3v) is 7.69. The van der Waals surface area contributed by atoms with Crippen LogP contribution in [0.25, 0.3) is 0 Å². The summed E-state index contributed by atoms with van der Waals surface area (Å²) in [7, 11) is 0. The van der Waals surface area contributed by atoms with E-state index in [1.54, 1.807) is 0 Å². The van der Waals surface area contributed by atoms with E-state index in [1.165, 1.54) is 5.56 Å². The van der Waals surface area contributed by atoms with Crippen LogP contribution < -0.4 is 15.2 Å². The fourth-order valence-corrected chi connectivity index (χ4v) is 5.55. The van der Waals surface area contributed by atoms with Gasteiger partial charge in [0.05, 0.1) is 11.3 Å². The minimum absolute atomic E-state index is 0.184. The van der Waals surface area contributed by atoms with Crippen LogP contribution in [0.3, 0.4) is 0 Å². The maximum Gasteiger partial charge on any atom is 0.131 e. The van der Waals surface area contributed by atoms with Crippen molar-refractivity contribution in [3.05, 3.63) is 88.2 Å². The van der Waals surface area contributed by atoms with Gasteiger partial charge in [-0.3, -0.25) is 4.98 Å². The maximum atomic E-state index is 11.2. The first-order valence-electron chi connectivity index (χ1n) is 12.8. The highest BCUT2D eigenvalue weighted by molar-refractivity contribution is 6.30. The summed E-state index contributed by atoms with van der Waals surface area (Å²) in [6, 6.07) is 17.8. The third-order valence-electron chi connectivity index (χ3n) is 7.44. The number of aliphatic hydroxyl groups is 1. The first kappa shape index (κ1) is 25.0. The second kappa shape index (κ2) is 11.2. The Balaban J connectivity index is 1.26. The van der Waals surface area contributed by atoms with E-state index >= 15 is 0 Å². The number of pyridine rings is 1. The topological polar surface area (TPSA) is 80.8 Å². The molecule has 0 bridgehead atoms. The van der Waals surface area contributed by atoms with Crippen LogP contribution in [-0.2, 0) is 12.2 Å². The molecular formula is C29H34ClN3O3. The molecule has 1 unspecified atom stereocenters. The van der Waals surface area contributed by atoms with Gasteiger partial charge in [0.15, 0.2) is 0 Å². The number of piperidine rings is 1. The average Bonchev–Trinajstić information content (AvgIpc) is 3.06. The van der Waals surface area contributed by atoms with Gasteiger partial charge in [0.25, 0.3) is 0 Å². The normalized spacial score (nSPS) is 19.0. The first-order chi connectivity index (χ1) is 17.6. The maximum absolute atomic E-state index is 11.2. The molecule has 6 nitrogen and oxygen atoms in total. The lowest BCUT2D eigenvalue weighted by molar-refractivity contribution is -0.0261. The van der Waals surface area contributed by atoms with Crippen LogP contribution in [0.5, 0.6) is 11.5 Å². The summed E-state index contributed by atoms with van der Waals surface area (Å²) in [6.45, 7) is 4.17. The number of fused-ring (bicyclic) bond motifs is 2. The van der Waals surface area contributed by atoms with Gasteiger partial charge in [-0.15, -0.1) is 0 Å². The number of aromatic nitrogens is 1. The molecule has 0 radical (unpaired) electrons. The number of rotatable bonds is 8. The Bertz CT molecular complexity index is 1160. The molecular weight excluding hydrogens is 474 g/mol. The van der Waals surface area contributed by atoms with Crippen molar-refractivity contribution in [3.63, 3.8) is 0 Å². The van der Waals surface area contributed by atoms with Crippen molar-refractivity contribution in [1.29, 1.82) is 0 Å². The Morgan fingerprint density at radius 3 is 2.69 bits per heavy atom. The lowest BCUT2D eigenvalue weighted by Gasteiger charge is -2.38. The predicted molar refractivity (Wildman–Crippen MR) is 142 cm³/mol. The molecule has 0 amide bonds. The average molecular weight is 508 g/mol. The quantitative estimate of drug-likeness (QED) is 0.453. The van der Waals surface area contributed by atoms with E-state index in [2.05, 4.69) is 22.0 Å². The molecule has 0 aliphatic carbocycles. The molecule has 3 heterocycles. The minimum Gasteiger partial charge on any atom is -0.492 e. The smallest absolute Gasteiger partial charge is 0.131 e. The van der Waals surface area contributed by atoms with Gasteiger partial charge in [-0.05, 0) is 79.8 Å². The Morgan fingerprint density at radius 2 is 1.92 bits per heavy atom. The lowest BCUT2D eigenvalue weighted by atomic mass is 9.84. The fourth-order valence-electron chi connectivity index (χ4n) is 5.42. The largest absolute Gasteiger partial charge is 0.492 e. The van der Waals surface area contributed by atoms with Crippen LogP contribution in [0.2, 0.25) is 5.02 Å². The summed E-state index contributed by atoms with van der Waals surface area (Å²) >= 11 is 6.03. The molecule has 1 fully saturated rings. The molecule has 5 rings (SSSR count). The van der Waals surface area contributed by atoms with Crippen molar-refractivity contribution in [1.82, 2.24) is 9.88 Å². The van der Waals surface area contributed by atoms with Crippen LogP contribution in [0.15, 0.2) is 60.8 Å². The number of hydrogen-bond donors (Lipinski definition) is 2. The zero-order chi connectivity index (χ0) is 25.0. The van der Waals surface area contributed by atoms with E-state index in [0.717, 1.165) is 73.6 Å². The van der Waals surface area contributed by atoms with Crippen molar-refractivity contribution < 1.29 is 14.6 Å². The summed E-state index contributed by atoms with van der Waals surface area (Å²) in [5.41, 5.74) is 9.19. The molecule has 1 aromatic heterocycles. The molecule has 3 aromatic rings. The van der Waals surface area contributed by atoms with Crippen molar-refractivity contribution in [2.24, 2.45) is 5.73 Å². The van der Waals surface area contributed by atoms with Gasteiger partial charge >= 0.3 is 0 Å². The van der Waals surface area contributed by atoms with E-state index in [1.807, 2.05) is 48.7 Å². The molecule has 36 heavy (non-hydrogen) atoms. The van der Waals surface area contributed by atoms with E-state index in [4.69, 9.17) is 26.8 Å². The molecule has 0 spiro atoms. The van der Waals surface area contributed by atoms with Crippen molar-refractivity contribution in [2.75, 3.05) is 32.8 Å². The van der Waals surface area contributed by atoms with Crippen LogP contribution >= 0.6 is 11.6 Å². The van der Waals surface area contributed by atoms with E-state index < -0.39 is 5.60 Å². The molecule has 1 saturated heterocycles. The molecule has 7 heteroatoms. The standard InChI is InChI=1S/C29H34ClN3O3/c30-22-7-5-21(6-8-22)29(34)11-16-33(17-12-29)15-2-4-24-25-3-1-14-32-27(25)20-36-28-10-9-23(19-26(24)28)35-18-13-31/h1,3,5-10,14,19,24,34H,2,4,11-13,15-18,20,31H2. The van der Waals surface area contributed by atoms with Gasteiger partial charge in [0, 0.05) is 42.3 Å². The highest BCUT2D eigenvalue weighted by Gasteiger charge is 2.34. The van der Waals surface area contributed by atoms with Gasteiger partial charge in [-0.2, -0.15) is 0 Å².